The molecule has 7 nitrogen and oxygen atoms in total. The van der Waals surface area contributed by atoms with E-state index in [1.165, 1.54) is 13.4 Å². The van der Waals surface area contributed by atoms with Gasteiger partial charge in [0.25, 0.3) is 5.91 Å². The summed E-state index contributed by atoms with van der Waals surface area (Å²) in [6.07, 6.45) is 2.78. The van der Waals surface area contributed by atoms with Crippen LogP contribution in [0.25, 0.3) is 11.0 Å². The summed E-state index contributed by atoms with van der Waals surface area (Å²) in [5.74, 6) is 0.514. The van der Waals surface area contributed by atoms with Gasteiger partial charge in [-0.25, -0.2) is 4.98 Å². The summed E-state index contributed by atoms with van der Waals surface area (Å²) >= 11 is 0. The third kappa shape index (κ3) is 3.88. The Morgan fingerprint density at radius 2 is 2.08 bits per heavy atom. The number of nitrogens with zero attached hydrogens (tertiary/aromatic N) is 2. The molecule has 7 heteroatoms. The molecule has 0 fully saturated rings. The molecule has 0 aliphatic carbocycles. The van der Waals surface area contributed by atoms with Gasteiger partial charge in [0.2, 0.25) is 0 Å². The van der Waals surface area contributed by atoms with Gasteiger partial charge >= 0.3 is 5.97 Å². The minimum Gasteiger partial charge on any atom is -0.468 e. The highest BCUT2D eigenvalue weighted by atomic mass is 16.5. The Morgan fingerprint density at radius 3 is 2.84 bits per heavy atom. The third-order valence-electron chi connectivity index (χ3n) is 3.86. The first kappa shape index (κ1) is 16.8. The van der Waals surface area contributed by atoms with E-state index in [9.17, 15) is 9.59 Å². The number of fused-ring (bicyclic) bond motifs is 1. The van der Waals surface area contributed by atoms with Crippen molar-refractivity contribution in [1.82, 2.24) is 14.9 Å². The molecule has 1 N–H and O–H groups in total. The topological polar surface area (TPSA) is 86.4 Å². The van der Waals surface area contributed by atoms with Gasteiger partial charge in [0, 0.05) is 13.0 Å². The fourth-order valence-corrected chi connectivity index (χ4v) is 2.63. The Bertz CT molecular complexity index is 868. The number of imidazole rings is 1. The maximum absolute atomic E-state index is 11.8. The average Bonchev–Trinajstić information content (AvgIpc) is 3.27. The molecule has 2 heterocycles. The van der Waals surface area contributed by atoms with Gasteiger partial charge in [0.1, 0.15) is 12.4 Å². The van der Waals surface area contributed by atoms with Crippen molar-refractivity contribution < 1.29 is 18.7 Å². The van der Waals surface area contributed by atoms with Crippen LogP contribution in [0.3, 0.4) is 0 Å². The smallest absolute Gasteiger partial charge is 0.325 e. The number of para-hydroxylation sites is 2. The fraction of sp³-hybridized carbons (Fsp3) is 0.278. The van der Waals surface area contributed by atoms with Gasteiger partial charge in [-0.15, -0.1) is 0 Å². The van der Waals surface area contributed by atoms with Crippen LogP contribution in [-0.4, -0.2) is 35.1 Å². The lowest BCUT2D eigenvalue weighted by molar-refractivity contribution is -0.141. The highest BCUT2D eigenvalue weighted by molar-refractivity contribution is 5.91. The highest BCUT2D eigenvalue weighted by Crippen LogP contribution is 2.17. The fourth-order valence-electron chi connectivity index (χ4n) is 2.63. The van der Waals surface area contributed by atoms with Crippen molar-refractivity contribution in [3.8, 4) is 0 Å². The van der Waals surface area contributed by atoms with E-state index in [1.54, 1.807) is 12.1 Å². The highest BCUT2D eigenvalue weighted by Gasteiger charge is 2.14. The lowest BCUT2D eigenvalue weighted by Crippen LogP contribution is -2.24. The number of esters is 1. The number of aryl methyl sites for hydroxylation is 1. The molecule has 0 atom stereocenters. The molecule has 1 aromatic carbocycles. The van der Waals surface area contributed by atoms with Crippen LogP contribution in [0, 0.1) is 0 Å². The molecule has 0 saturated carbocycles. The first-order valence-corrected chi connectivity index (χ1v) is 8.01. The number of hydrogen-bond acceptors (Lipinski definition) is 5. The molecule has 0 bridgehead atoms. The maximum Gasteiger partial charge on any atom is 0.325 e. The van der Waals surface area contributed by atoms with E-state index < -0.39 is 0 Å². The molecule has 1 amide bonds. The number of hydrogen-bond donors (Lipinski definition) is 1. The normalized spacial score (nSPS) is 10.8. The molecule has 0 radical (unpaired) electrons. The molecule has 3 aromatic rings. The molecule has 25 heavy (non-hydrogen) atoms. The van der Waals surface area contributed by atoms with Crippen molar-refractivity contribution >= 4 is 22.9 Å². The zero-order chi connectivity index (χ0) is 17.6. The van der Waals surface area contributed by atoms with Crippen LogP contribution >= 0.6 is 0 Å². The van der Waals surface area contributed by atoms with Crippen LogP contribution in [0.4, 0.5) is 0 Å². The van der Waals surface area contributed by atoms with E-state index in [0.717, 1.165) is 16.9 Å². The van der Waals surface area contributed by atoms with Crippen LogP contribution in [0.5, 0.6) is 0 Å². The van der Waals surface area contributed by atoms with Gasteiger partial charge in [-0.1, -0.05) is 12.1 Å². The predicted molar refractivity (Wildman–Crippen MR) is 91.1 cm³/mol. The lowest BCUT2D eigenvalue weighted by Gasteiger charge is -2.08. The summed E-state index contributed by atoms with van der Waals surface area (Å²) in [7, 11) is 1.37. The van der Waals surface area contributed by atoms with Crippen LogP contribution < -0.4 is 5.32 Å². The quantitative estimate of drug-likeness (QED) is 0.526. The number of rotatable bonds is 7. The molecule has 0 spiro atoms. The van der Waals surface area contributed by atoms with Crippen molar-refractivity contribution in [2.45, 2.75) is 19.4 Å². The second-order valence-electron chi connectivity index (χ2n) is 5.52. The Balaban J connectivity index is 1.65. The first-order chi connectivity index (χ1) is 12.2. The van der Waals surface area contributed by atoms with Crippen LogP contribution in [-0.2, 0) is 22.5 Å². The molecule has 0 aliphatic rings. The summed E-state index contributed by atoms with van der Waals surface area (Å²) in [5, 5.41) is 2.80. The SMILES string of the molecule is COC(=O)Cn1c(CCCNC(=O)c2ccco2)nc2ccccc21. The monoisotopic (exact) mass is 341 g/mol. The van der Waals surface area contributed by atoms with E-state index in [-0.39, 0.29) is 24.2 Å². The zero-order valence-corrected chi connectivity index (χ0v) is 13.9. The minimum atomic E-state index is -0.324. The Labute approximate surface area is 144 Å². The average molecular weight is 341 g/mol. The first-order valence-electron chi connectivity index (χ1n) is 8.01. The summed E-state index contributed by atoms with van der Waals surface area (Å²) in [6.45, 7) is 0.603. The number of nitrogens with one attached hydrogen (secondary N) is 1. The van der Waals surface area contributed by atoms with Crippen molar-refractivity contribution in [3.05, 3.63) is 54.2 Å². The molecular formula is C18H19N3O4. The van der Waals surface area contributed by atoms with Crippen molar-refractivity contribution in [2.24, 2.45) is 0 Å². The minimum absolute atomic E-state index is 0.116. The number of carbonyl (C=O) groups is 2. The number of methoxy groups -OCH3 is 1. The van der Waals surface area contributed by atoms with E-state index in [4.69, 9.17) is 9.15 Å². The lowest BCUT2D eigenvalue weighted by atomic mass is 10.3. The van der Waals surface area contributed by atoms with E-state index in [2.05, 4.69) is 10.3 Å². The maximum atomic E-state index is 11.8. The predicted octanol–water partition coefficient (Wildman–Crippen LogP) is 2.16. The third-order valence-corrected chi connectivity index (χ3v) is 3.86. The number of amides is 1. The van der Waals surface area contributed by atoms with Crippen molar-refractivity contribution in [1.29, 1.82) is 0 Å². The number of ether oxygens (including phenoxy) is 1. The van der Waals surface area contributed by atoms with E-state index in [1.807, 2.05) is 28.8 Å². The van der Waals surface area contributed by atoms with Crippen molar-refractivity contribution in [2.75, 3.05) is 13.7 Å². The second-order valence-corrected chi connectivity index (χ2v) is 5.52. The van der Waals surface area contributed by atoms with Gasteiger partial charge in [-0.3, -0.25) is 9.59 Å². The van der Waals surface area contributed by atoms with E-state index in [0.29, 0.717) is 19.4 Å². The van der Waals surface area contributed by atoms with Crippen LogP contribution in [0.1, 0.15) is 22.8 Å². The summed E-state index contributed by atoms with van der Waals surface area (Å²) in [5.41, 5.74) is 1.73. The van der Waals surface area contributed by atoms with Gasteiger partial charge in [-0.2, -0.15) is 0 Å². The molecule has 0 saturated heterocycles. The molecule has 0 aliphatic heterocycles. The molecule has 0 unspecified atom stereocenters. The molecule has 3 rings (SSSR count). The molecule has 130 valence electrons. The van der Waals surface area contributed by atoms with Gasteiger partial charge < -0.3 is 19.0 Å². The zero-order valence-electron chi connectivity index (χ0n) is 13.9. The standard InChI is InChI=1S/C18H19N3O4/c1-24-17(22)12-21-14-7-3-2-6-13(14)20-16(21)9-4-10-19-18(23)15-8-5-11-25-15/h2-3,5-8,11H,4,9-10,12H2,1H3,(H,19,23). The number of carbonyl (C=O) groups excluding carboxylic acids is 2. The summed E-state index contributed by atoms with van der Waals surface area (Å²) < 4.78 is 11.7. The van der Waals surface area contributed by atoms with Gasteiger partial charge in [-0.05, 0) is 30.7 Å². The molecule has 2 aromatic heterocycles. The van der Waals surface area contributed by atoms with E-state index >= 15 is 0 Å². The second kappa shape index (κ2) is 7.65. The Morgan fingerprint density at radius 1 is 1.24 bits per heavy atom. The van der Waals surface area contributed by atoms with Crippen LogP contribution in [0.15, 0.2) is 47.1 Å². The Hall–Kier alpha value is -3.09. The number of furan rings is 1. The van der Waals surface area contributed by atoms with Crippen LogP contribution in [0.2, 0.25) is 0 Å². The van der Waals surface area contributed by atoms with Gasteiger partial charge in [0.15, 0.2) is 5.76 Å². The summed E-state index contributed by atoms with van der Waals surface area (Å²) in [6, 6.07) is 10.9. The van der Waals surface area contributed by atoms with Gasteiger partial charge in [0.05, 0.1) is 24.4 Å². The largest absolute Gasteiger partial charge is 0.468 e. The Kier molecular flexibility index (Phi) is 5.13. The van der Waals surface area contributed by atoms with Crippen molar-refractivity contribution in [3.63, 3.8) is 0 Å². The molecular weight excluding hydrogens is 322 g/mol. The number of aromatic nitrogens is 2. The summed E-state index contributed by atoms with van der Waals surface area (Å²) in [4.78, 5) is 28.1. The number of benzene rings is 1.